The van der Waals surface area contributed by atoms with Crippen molar-refractivity contribution in [3.63, 3.8) is 0 Å². The largest absolute Gasteiger partial charge is 0.103 e. The van der Waals surface area contributed by atoms with Gasteiger partial charge in [-0.2, -0.15) is 0 Å². The van der Waals surface area contributed by atoms with E-state index in [9.17, 15) is 0 Å². The monoisotopic (exact) mass is 633 g/mol. The molecular formula is C46H80. The molecule has 46 heavy (non-hydrogen) atoms. The Morgan fingerprint density at radius 2 is 1.33 bits per heavy atom. The zero-order valence-corrected chi connectivity index (χ0v) is 34.0. The normalized spacial score (nSPS) is 11.5. The molecule has 0 aliphatic carbocycles. The van der Waals surface area contributed by atoms with E-state index in [1.165, 1.54) is 77.5 Å². The van der Waals surface area contributed by atoms with Crippen LogP contribution in [0.2, 0.25) is 0 Å². The molecule has 2 rings (SSSR count). The Morgan fingerprint density at radius 1 is 0.783 bits per heavy atom. The number of unbranched alkanes of at least 4 members (excludes halogenated alkanes) is 2. The van der Waals surface area contributed by atoms with Crippen LogP contribution < -0.4 is 0 Å². The maximum Gasteiger partial charge on any atom is -0.0152 e. The summed E-state index contributed by atoms with van der Waals surface area (Å²) >= 11 is 0. The van der Waals surface area contributed by atoms with E-state index in [4.69, 9.17) is 0 Å². The van der Waals surface area contributed by atoms with Crippen molar-refractivity contribution in [2.75, 3.05) is 0 Å². The molecule has 0 N–H and O–H groups in total. The zero-order chi connectivity index (χ0) is 36.3. The van der Waals surface area contributed by atoms with Gasteiger partial charge in [-0.25, -0.2) is 0 Å². The standard InChI is InChI=1S/C26H34.C10H20.C5H12.C3H8.C2H6/c1-6-10-11-12-21-14-16-26(23(8-3)18-21)24(9-4)19-25-15-13-20(5)17-22(25)7-2;1-7-9(8(2)3)10(4,5)6;1-4-5(2)3;1-3-2;1-2/h9,13-19H,4,6-8,10-12H2,1-3,5H3;7-9H,1H2,2-6H3;5H,4H2,1-3H3;3H2,1-2H3;1-2H3/b24-19+;;;;. The predicted octanol–water partition coefficient (Wildman–Crippen LogP) is 15.6. The first-order chi connectivity index (χ1) is 21.7. The lowest BCUT2D eigenvalue weighted by Crippen LogP contribution is -2.22. The van der Waals surface area contributed by atoms with Crippen molar-refractivity contribution in [3.05, 3.63) is 95.1 Å². The summed E-state index contributed by atoms with van der Waals surface area (Å²) < 4.78 is 0. The third kappa shape index (κ3) is 21.5. The van der Waals surface area contributed by atoms with Gasteiger partial charge in [0, 0.05) is 0 Å². The molecule has 0 saturated carbocycles. The fourth-order valence-corrected chi connectivity index (χ4v) is 5.18. The Morgan fingerprint density at radius 3 is 1.70 bits per heavy atom. The molecule has 0 heteroatoms. The molecule has 1 unspecified atom stereocenters. The molecule has 0 saturated heterocycles. The van der Waals surface area contributed by atoms with Gasteiger partial charge in [0.25, 0.3) is 0 Å². The summed E-state index contributed by atoms with van der Waals surface area (Å²) in [6, 6.07) is 13.7. The number of benzene rings is 2. The summed E-state index contributed by atoms with van der Waals surface area (Å²) in [5, 5.41) is 0. The topological polar surface area (TPSA) is 0 Å². The smallest absolute Gasteiger partial charge is 0.0152 e. The summed E-state index contributed by atoms with van der Waals surface area (Å²) in [6.07, 6.45) is 16.1. The Kier molecular flexibility index (Phi) is 30.1. The van der Waals surface area contributed by atoms with Crippen molar-refractivity contribution in [2.45, 2.75) is 162 Å². The van der Waals surface area contributed by atoms with Crippen LogP contribution in [0.1, 0.15) is 169 Å². The van der Waals surface area contributed by atoms with Crippen LogP contribution in [0.3, 0.4) is 0 Å². The third-order valence-corrected chi connectivity index (χ3v) is 7.93. The Hall–Kier alpha value is -2.34. The van der Waals surface area contributed by atoms with E-state index >= 15 is 0 Å². The average molecular weight is 633 g/mol. The SMILES string of the molecule is C=C/C(=C\c1ccc(C)cc1CC)c1ccc(CCCCC)cc1CC.C=CC(C(C)C)C(C)(C)C.CC.CCC.CCC(C)C. The van der Waals surface area contributed by atoms with Gasteiger partial charge >= 0.3 is 0 Å². The Balaban J connectivity index is -0.000000760. The van der Waals surface area contributed by atoms with Gasteiger partial charge in [-0.05, 0) is 95.2 Å². The minimum Gasteiger partial charge on any atom is -0.103 e. The van der Waals surface area contributed by atoms with Crippen LogP contribution in [0, 0.1) is 30.1 Å². The molecule has 0 fully saturated rings. The molecule has 264 valence electrons. The van der Waals surface area contributed by atoms with Crippen LogP contribution in [0.25, 0.3) is 11.6 Å². The van der Waals surface area contributed by atoms with Gasteiger partial charge in [0.1, 0.15) is 0 Å². The van der Waals surface area contributed by atoms with Crippen LogP contribution in [0.4, 0.5) is 0 Å². The minimum atomic E-state index is 0.371. The lowest BCUT2D eigenvalue weighted by Gasteiger charge is -2.31. The molecule has 2 aromatic carbocycles. The van der Waals surface area contributed by atoms with Gasteiger partial charge in [0.05, 0.1) is 0 Å². The van der Waals surface area contributed by atoms with Crippen molar-refractivity contribution < 1.29 is 0 Å². The van der Waals surface area contributed by atoms with Gasteiger partial charge in [0.15, 0.2) is 0 Å². The third-order valence-electron chi connectivity index (χ3n) is 7.93. The molecular weight excluding hydrogens is 553 g/mol. The fourth-order valence-electron chi connectivity index (χ4n) is 5.18. The summed E-state index contributed by atoms with van der Waals surface area (Å²) in [4.78, 5) is 0. The fraction of sp³-hybridized carbons (Fsp3) is 0.609. The van der Waals surface area contributed by atoms with Crippen molar-refractivity contribution >= 4 is 11.6 Å². The lowest BCUT2D eigenvalue weighted by atomic mass is 9.74. The number of allylic oxidation sites excluding steroid dienone is 3. The Labute approximate surface area is 291 Å². The highest BCUT2D eigenvalue weighted by atomic mass is 14.3. The zero-order valence-electron chi connectivity index (χ0n) is 34.0. The first-order valence-corrected chi connectivity index (χ1v) is 18.9. The lowest BCUT2D eigenvalue weighted by molar-refractivity contribution is 0.230. The van der Waals surface area contributed by atoms with E-state index in [2.05, 4.69) is 159 Å². The second-order valence-electron chi connectivity index (χ2n) is 14.0. The van der Waals surface area contributed by atoms with E-state index in [0.29, 0.717) is 17.3 Å². The van der Waals surface area contributed by atoms with Crippen molar-refractivity contribution in [1.82, 2.24) is 0 Å². The summed E-state index contributed by atoms with van der Waals surface area (Å²) in [6.45, 7) is 43.0. The molecule has 0 aliphatic heterocycles. The molecule has 0 bridgehead atoms. The number of hydrogen-bond donors (Lipinski definition) is 0. The molecule has 0 heterocycles. The molecule has 2 aromatic rings. The van der Waals surface area contributed by atoms with Crippen molar-refractivity contribution in [3.8, 4) is 0 Å². The van der Waals surface area contributed by atoms with E-state index in [1.807, 2.05) is 19.9 Å². The molecule has 0 nitrogen and oxygen atoms in total. The van der Waals surface area contributed by atoms with Gasteiger partial charge in [-0.3, -0.25) is 0 Å². The highest BCUT2D eigenvalue weighted by Gasteiger charge is 2.23. The number of aryl methyl sites for hydroxylation is 4. The predicted molar refractivity (Wildman–Crippen MR) is 218 cm³/mol. The summed E-state index contributed by atoms with van der Waals surface area (Å²) in [5.74, 6) is 2.22. The van der Waals surface area contributed by atoms with Crippen LogP contribution in [0.5, 0.6) is 0 Å². The molecule has 0 aliphatic rings. The number of rotatable bonds is 12. The molecule has 0 radical (unpaired) electrons. The first kappa shape index (κ1) is 48.1. The maximum absolute atomic E-state index is 4.10. The summed E-state index contributed by atoms with van der Waals surface area (Å²) in [5.41, 5.74) is 9.84. The van der Waals surface area contributed by atoms with E-state index in [0.717, 1.165) is 18.8 Å². The van der Waals surface area contributed by atoms with E-state index in [1.54, 1.807) is 0 Å². The second kappa shape index (κ2) is 28.8. The van der Waals surface area contributed by atoms with Gasteiger partial charge in [-0.15, -0.1) is 6.58 Å². The van der Waals surface area contributed by atoms with Crippen LogP contribution in [-0.2, 0) is 19.3 Å². The quantitative estimate of drug-likeness (QED) is 0.0945. The highest BCUT2D eigenvalue weighted by Crippen LogP contribution is 2.32. The minimum absolute atomic E-state index is 0.371. The second-order valence-corrected chi connectivity index (χ2v) is 14.0. The Bertz CT molecular complexity index is 1050. The first-order valence-electron chi connectivity index (χ1n) is 18.9. The van der Waals surface area contributed by atoms with Gasteiger partial charge in [0.2, 0.25) is 0 Å². The average Bonchev–Trinajstić information content (AvgIpc) is 3.02. The molecule has 0 spiro atoms. The number of hydrogen-bond acceptors (Lipinski definition) is 0. The van der Waals surface area contributed by atoms with Crippen LogP contribution >= 0.6 is 0 Å². The highest BCUT2D eigenvalue weighted by molar-refractivity contribution is 5.89. The van der Waals surface area contributed by atoms with Crippen molar-refractivity contribution in [2.24, 2.45) is 23.2 Å². The van der Waals surface area contributed by atoms with Gasteiger partial charge in [-0.1, -0.05) is 190 Å². The summed E-state index contributed by atoms with van der Waals surface area (Å²) in [7, 11) is 0. The van der Waals surface area contributed by atoms with Crippen LogP contribution in [0.15, 0.2) is 61.7 Å². The van der Waals surface area contributed by atoms with E-state index < -0.39 is 0 Å². The molecule has 1 atom stereocenters. The van der Waals surface area contributed by atoms with Crippen molar-refractivity contribution in [1.29, 1.82) is 0 Å². The molecule has 0 amide bonds. The van der Waals surface area contributed by atoms with Crippen LogP contribution in [-0.4, -0.2) is 0 Å². The van der Waals surface area contributed by atoms with E-state index in [-0.39, 0.29) is 0 Å². The molecule has 0 aromatic heterocycles. The maximum atomic E-state index is 4.10. The van der Waals surface area contributed by atoms with Gasteiger partial charge < -0.3 is 0 Å².